The highest BCUT2D eigenvalue weighted by molar-refractivity contribution is 5.70. The van der Waals surface area contributed by atoms with Crippen LogP contribution in [-0.4, -0.2) is 25.1 Å². The third kappa shape index (κ3) is 2.95. The maximum absolute atomic E-state index is 13.1. The van der Waals surface area contributed by atoms with E-state index >= 15 is 0 Å². The van der Waals surface area contributed by atoms with Gasteiger partial charge in [0.05, 0.1) is 0 Å². The summed E-state index contributed by atoms with van der Waals surface area (Å²) in [6.07, 6.45) is -0.507. The van der Waals surface area contributed by atoms with Crippen molar-refractivity contribution in [1.82, 2.24) is 4.90 Å². The van der Waals surface area contributed by atoms with Gasteiger partial charge in [0.2, 0.25) is 0 Å². The van der Waals surface area contributed by atoms with Gasteiger partial charge in [-0.2, -0.15) is 0 Å². The third-order valence-electron chi connectivity index (χ3n) is 2.16. The van der Waals surface area contributed by atoms with Crippen molar-refractivity contribution in [2.75, 3.05) is 14.1 Å². The summed E-state index contributed by atoms with van der Waals surface area (Å²) < 4.78 is 18.2. The predicted octanol–water partition coefficient (Wildman–Crippen LogP) is 3.01. The zero-order chi connectivity index (χ0) is 12.3. The number of hydrogen-bond donors (Lipinski definition) is 0. The van der Waals surface area contributed by atoms with Crippen molar-refractivity contribution in [1.29, 1.82) is 0 Å². The van der Waals surface area contributed by atoms with Crippen LogP contribution in [0.25, 0.3) is 0 Å². The third-order valence-corrected chi connectivity index (χ3v) is 2.16. The van der Waals surface area contributed by atoms with Gasteiger partial charge >= 0.3 is 6.09 Å². The highest BCUT2D eigenvalue weighted by atomic mass is 19.1. The first-order chi connectivity index (χ1) is 7.41. The smallest absolute Gasteiger partial charge is 0.410 e. The van der Waals surface area contributed by atoms with Crippen molar-refractivity contribution >= 4 is 6.09 Å². The fraction of sp³-hybridized carbons (Fsp3) is 0.417. The fourth-order valence-electron chi connectivity index (χ4n) is 1.26. The number of hydrogen-bond acceptors (Lipinski definition) is 2. The molecule has 0 aliphatic heterocycles. The molecular weight excluding hydrogens is 209 g/mol. The van der Waals surface area contributed by atoms with Crippen molar-refractivity contribution in [2.45, 2.75) is 19.8 Å². The van der Waals surface area contributed by atoms with Crippen LogP contribution in [0, 0.1) is 5.82 Å². The van der Waals surface area contributed by atoms with E-state index < -0.39 is 11.9 Å². The maximum Gasteiger partial charge on any atom is 0.414 e. The van der Waals surface area contributed by atoms with Crippen LogP contribution in [0.3, 0.4) is 0 Å². The Labute approximate surface area is 94.8 Å². The Morgan fingerprint density at radius 1 is 1.38 bits per heavy atom. The highest BCUT2D eigenvalue weighted by Crippen LogP contribution is 2.27. The molecule has 3 nitrogen and oxygen atoms in total. The van der Waals surface area contributed by atoms with Gasteiger partial charge in [-0.3, -0.25) is 0 Å². The molecule has 0 aliphatic rings. The molecule has 0 saturated carbocycles. The van der Waals surface area contributed by atoms with Crippen LogP contribution in [-0.2, 0) is 0 Å². The van der Waals surface area contributed by atoms with Crippen LogP contribution in [0.5, 0.6) is 5.75 Å². The van der Waals surface area contributed by atoms with E-state index in [1.165, 1.54) is 17.0 Å². The SMILES string of the molecule is CC(C)c1ccc(F)cc1OC(=O)N(C)C. The van der Waals surface area contributed by atoms with Gasteiger partial charge < -0.3 is 9.64 Å². The summed E-state index contributed by atoms with van der Waals surface area (Å²) in [7, 11) is 3.16. The number of halogens is 1. The van der Waals surface area contributed by atoms with Gasteiger partial charge in [-0.15, -0.1) is 0 Å². The Balaban J connectivity index is 3.01. The van der Waals surface area contributed by atoms with E-state index in [1.54, 1.807) is 20.2 Å². The average molecular weight is 225 g/mol. The number of nitrogens with zero attached hydrogens (tertiary/aromatic N) is 1. The molecule has 0 N–H and O–H groups in total. The molecular formula is C12H16FNO2. The van der Waals surface area contributed by atoms with Crippen LogP contribution >= 0.6 is 0 Å². The quantitative estimate of drug-likeness (QED) is 0.774. The zero-order valence-corrected chi connectivity index (χ0v) is 9.95. The number of ether oxygens (including phenoxy) is 1. The van der Waals surface area contributed by atoms with Crippen molar-refractivity contribution in [3.8, 4) is 5.75 Å². The summed E-state index contributed by atoms with van der Waals surface area (Å²) in [5.74, 6) is 0.0465. The van der Waals surface area contributed by atoms with Crippen molar-refractivity contribution in [2.24, 2.45) is 0 Å². The van der Waals surface area contributed by atoms with E-state index in [9.17, 15) is 9.18 Å². The van der Waals surface area contributed by atoms with Crippen LogP contribution < -0.4 is 4.74 Å². The number of rotatable bonds is 2. The van der Waals surface area contributed by atoms with E-state index in [2.05, 4.69) is 0 Å². The lowest BCUT2D eigenvalue weighted by molar-refractivity contribution is 0.171. The van der Waals surface area contributed by atoms with Gasteiger partial charge in [0.25, 0.3) is 0 Å². The van der Waals surface area contributed by atoms with Crippen LogP contribution in [0.4, 0.5) is 9.18 Å². The molecule has 16 heavy (non-hydrogen) atoms. The molecule has 0 unspecified atom stereocenters. The molecule has 0 bridgehead atoms. The second kappa shape index (κ2) is 4.96. The molecule has 0 atom stereocenters. The van der Waals surface area contributed by atoms with Crippen LogP contribution in [0.1, 0.15) is 25.3 Å². The summed E-state index contributed by atoms with van der Waals surface area (Å²) in [4.78, 5) is 12.7. The number of carbonyl (C=O) groups excluding carboxylic acids is 1. The summed E-state index contributed by atoms with van der Waals surface area (Å²) in [6, 6.07) is 4.23. The molecule has 0 spiro atoms. The number of carbonyl (C=O) groups is 1. The minimum Gasteiger partial charge on any atom is -0.410 e. The molecule has 1 rings (SSSR count). The van der Waals surface area contributed by atoms with Gasteiger partial charge in [-0.1, -0.05) is 19.9 Å². The normalized spacial score (nSPS) is 10.4. The van der Waals surface area contributed by atoms with E-state index in [0.717, 1.165) is 5.56 Å². The van der Waals surface area contributed by atoms with Gasteiger partial charge in [0, 0.05) is 20.2 Å². The van der Waals surface area contributed by atoms with Gasteiger partial charge in [-0.05, 0) is 17.5 Å². The molecule has 1 aromatic rings. The molecule has 0 heterocycles. The Morgan fingerprint density at radius 3 is 2.50 bits per heavy atom. The Kier molecular flexibility index (Phi) is 3.88. The topological polar surface area (TPSA) is 29.5 Å². The molecule has 0 radical (unpaired) electrons. The number of amides is 1. The minimum absolute atomic E-state index is 0.172. The molecule has 0 aliphatic carbocycles. The Morgan fingerprint density at radius 2 is 2.00 bits per heavy atom. The highest BCUT2D eigenvalue weighted by Gasteiger charge is 2.13. The van der Waals surface area contributed by atoms with E-state index in [-0.39, 0.29) is 11.7 Å². The second-order valence-corrected chi connectivity index (χ2v) is 4.10. The molecule has 88 valence electrons. The summed E-state index contributed by atoms with van der Waals surface area (Å²) in [6.45, 7) is 3.92. The number of benzene rings is 1. The van der Waals surface area contributed by atoms with E-state index in [0.29, 0.717) is 0 Å². The zero-order valence-electron chi connectivity index (χ0n) is 9.95. The van der Waals surface area contributed by atoms with E-state index in [1.807, 2.05) is 13.8 Å². The Bertz CT molecular complexity index is 389. The molecule has 1 aromatic carbocycles. The predicted molar refractivity (Wildman–Crippen MR) is 60.2 cm³/mol. The summed E-state index contributed by atoms with van der Waals surface area (Å²) in [5.41, 5.74) is 0.816. The molecule has 0 fully saturated rings. The van der Waals surface area contributed by atoms with Crippen LogP contribution in [0.15, 0.2) is 18.2 Å². The molecule has 0 saturated heterocycles. The lowest BCUT2D eigenvalue weighted by Crippen LogP contribution is -2.25. The van der Waals surface area contributed by atoms with Crippen molar-refractivity contribution in [3.63, 3.8) is 0 Å². The van der Waals surface area contributed by atoms with Crippen molar-refractivity contribution < 1.29 is 13.9 Å². The van der Waals surface area contributed by atoms with Gasteiger partial charge in [0.1, 0.15) is 11.6 Å². The van der Waals surface area contributed by atoms with Gasteiger partial charge in [-0.25, -0.2) is 9.18 Å². The van der Waals surface area contributed by atoms with E-state index in [4.69, 9.17) is 4.74 Å². The summed E-state index contributed by atoms with van der Waals surface area (Å²) >= 11 is 0. The van der Waals surface area contributed by atoms with Crippen LogP contribution in [0.2, 0.25) is 0 Å². The lowest BCUT2D eigenvalue weighted by Gasteiger charge is -2.15. The average Bonchev–Trinajstić information content (AvgIpc) is 2.16. The Hall–Kier alpha value is -1.58. The minimum atomic E-state index is -0.507. The monoisotopic (exact) mass is 225 g/mol. The lowest BCUT2D eigenvalue weighted by atomic mass is 10.0. The molecule has 1 amide bonds. The largest absolute Gasteiger partial charge is 0.414 e. The fourth-order valence-corrected chi connectivity index (χ4v) is 1.26. The maximum atomic E-state index is 13.1. The first-order valence-corrected chi connectivity index (χ1v) is 5.10. The van der Waals surface area contributed by atoms with Gasteiger partial charge in [0.15, 0.2) is 0 Å². The first-order valence-electron chi connectivity index (χ1n) is 5.10. The second-order valence-electron chi connectivity index (χ2n) is 4.10. The molecule has 4 heteroatoms. The first kappa shape index (κ1) is 12.5. The standard InChI is InChI=1S/C12H16FNO2/c1-8(2)10-6-5-9(13)7-11(10)16-12(15)14(3)4/h5-8H,1-4H3. The summed E-state index contributed by atoms with van der Waals surface area (Å²) in [5, 5.41) is 0. The van der Waals surface area contributed by atoms with Crippen molar-refractivity contribution in [3.05, 3.63) is 29.6 Å². The molecule has 0 aromatic heterocycles.